The first-order valence-electron chi connectivity index (χ1n) is 8.68. The van der Waals surface area contributed by atoms with E-state index >= 15 is 0 Å². The van der Waals surface area contributed by atoms with Gasteiger partial charge in [-0.2, -0.15) is 0 Å². The van der Waals surface area contributed by atoms with E-state index in [0.717, 1.165) is 17.9 Å². The molecule has 2 heterocycles. The Bertz CT molecular complexity index is 730. The summed E-state index contributed by atoms with van der Waals surface area (Å²) in [6.07, 6.45) is 1.58. The molecule has 7 heteroatoms. The van der Waals surface area contributed by atoms with Gasteiger partial charge in [-0.05, 0) is 31.9 Å². The van der Waals surface area contributed by atoms with Crippen molar-refractivity contribution in [2.75, 3.05) is 13.2 Å². The van der Waals surface area contributed by atoms with Crippen molar-refractivity contribution in [1.29, 1.82) is 0 Å². The van der Waals surface area contributed by atoms with E-state index in [2.05, 4.69) is 34.6 Å². The van der Waals surface area contributed by atoms with E-state index in [-0.39, 0.29) is 18.2 Å². The van der Waals surface area contributed by atoms with Gasteiger partial charge in [0.25, 0.3) is 0 Å². The predicted molar refractivity (Wildman–Crippen MR) is 94.0 cm³/mol. The fraction of sp³-hybridized carbons (Fsp3) is 0.500. The third-order valence-electron chi connectivity index (χ3n) is 4.66. The van der Waals surface area contributed by atoms with Gasteiger partial charge in [-0.25, -0.2) is 4.79 Å². The highest BCUT2D eigenvalue weighted by Gasteiger charge is 2.31. The van der Waals surface area contributed by atoms with Gasteiger partial charge in [-0.15, -0.1) is 10.2 Å². The number of carbonyl (C=O) groups excluding carboxylic acids is 1. The zero-order chi connectivity index (χ0) is 17.8. The maximum atomic E-state index is 12.7. The molecular formula is C18H25N5O2. The van der Waals surface area contributed by atoms with Gasteiger partial charge in [0, 0.05) is 6.54 Å². The van der Waals surface area contributed by atoms with Gasteiger partial charge >= 0.3 is 6.03 Å². The van der Waals surface area contributed by atoms with E-state index in [1.807, 2.05) is 35.4 Å². The Morgan fingerprint density at radius 1 is 1.40 bits per heavy atom. The lowest BCUT2D eigenvalue weighted by atomic mass is 10.0. The normalized spacial score (nSPS) is 20.5. The van der Waals surface area contributed by atoms with Gasteiger partial charge in [-0.3, -0.25) is 0 Å². The lowest BCUT2D eigenvalue weighted by molar-refractivity contribution is -0.0431. The molecule has 134 valence electrons. The van der Waals surface area contributed by atoms with E-state index in [1.54, 1.807) is 6.33 Å². The first kappa shape index (κ1) is 17.4. The zero-order valence-electron chi connectivity index (χ0n) is 15.0. The highest BCUT2D eigenvalue weighted by Crippen LogP contribution is 2.27. The van der Waals surface area contributed by atoms with Crippen molar-refractivity contribution in [3.05, 3.63) is 47.5 Å². The summed E-state index contributed by atoms with van der Waals surface area (Å²) >= 11 is 0. The number of aryl methyl sites for hydroxylation is 2. The van der Waals surface area contributed by atoms with Crippen molar-refractivity contribution in [2.45, 2.75) is 46.0 Å². The average molecular weight is 343 g/mol. The Kier molecular flexibility index (Phi) is 5.33. The summed E-state index contributed by atoms with van der Waals surface area (Å²) in [6, 6.07) is 8.09. The van der Waals surface area contributed by atoms with Crippen LogP contribution in [0.15, 0.2) is 30.6 Å². The molecule has 0 saturated carbocycles. The van der Waals surface area contributed by atoms with E-state index in [0.29, 0.717) is 19.7 Å². The second-order valence-electron chi connectivity index (χ2n) is 6.37. The molecule has 0 unspecified atom stereocenters. The monoisotopic (exact) mass is 343 g/mol. The van der Waals surface area contributed by atoms with Gasteiger partial charge in [0.1, 0.15) is 12.4 Å². The topological polar surface area (TPSA) is 72.3 Å². The van der Waals surface area contributed by atoms with E-state index < -0.39 is 0 Å². The highest BCUT2D eigenvalue weighted by atomic mass is 16.5. The lowest BCUT2D eigenvalue weighted by Gasteiger charge is -2.38. The Hall–Kier alpha value is -2.41. The molecule has 1 saturated heterocycles. The molecule has 0 aliphatic carbocycles. The quantitative estimate of drug-likeness (QED) is 0.924. The van der Waals surface area contributed by atoms with Crippen molar-refractivity contribution in [1.82, 2.24) is 25.0 Å². The van der Waals surface area contributed by atoms with Crippen LogP contribution in [-0.2, 0) is 17.8 Å². The van der Waals surface area contributed by atoms with E-state index in [1.165, 1.54) is 5.56 Å². The molecule has 1 aliphatic rings. The van der Waals surface area contributed by atoms with Crippen LogP contribution >= 0.6 is 0 Å². The summed E-state index contributed by atoms with van der Waals surface area (Å²) in [5.41, 5.74) is 2.32. The van der Waals surface area contributed by atoms with Gasteiger partial charge < -0.3 is 19.5 Å². The third-order valence-corrected chi connectivity index (χ3v) is 4.66. The molecule has 2 amide bonds. The fourth-order valence-corrected chi connectivity index (χ4v) is 3.11. The SMILES string of the molecule is CCn1cnnc1CNC(=O)N1C[C@H](c2ccccc2C)OC[C@@H]1C. The van der Waals surface area contributed by atoms with Crippen LogP contribution in [0.25, 0.3) is 0 Å². The van der Waals surface area contributed by atoms with Crippen LogP contribution in [0.5, 0.6) is 0 Å². The summed E-state index contributed by atoms with van der Waals surface area (Å²) in [6.45, 7) is 8.30. The molecule has 0 radical (unpaired) electrons. The Morgan fingerprint density at radius 3 is 2.96 bits per heavy atom. The van der Waals surface area contributed by atoms with Crippen molar-refractivity contribution < 1.29 is 9.53 Å². The Morgan fingerprint density at radius 2 is 2.20 bits per heavy atom. The van der Waals surface area contributed by atoms with Gasteiger partial charge in [0.15, 0.2) is 5.82 Å². The molecule has 7 nitrogen and oxygen atoms in total. The molecule has 1 N–H and O–H groups in total. The Balaban J connectivity index is 1.65. The number of rotatable bonds is 4. The van der Waals surface area contributed by atoms with Crippen molar-refractivity contribution in [2.24, 2.45) is 0 Å². The average Bonchev–Trinajstić information content (AvgIpc) is 3.08. The number of urea groups is 1. The summed E-state index contributed by atoms with van der Waals surface area (Å²) in [4.78, 5) is 14.5. The Labute approximate surface area is 148 Å². The summed E-state index contributed by atoms with van der Waals surface area (Å²) < 4.78 is 7.89. The van der Waals surface area contributed by atoms with Crippen molar-refractivity contribution in [3.8, 4) is 0 Å². The maximum Gasteiger partial charge on any atom is 0.318 e. The van der Waals surface area contributed by atoms with E-state index in [9.17, 15) is 4.79 Å². The van der Waals surface area contributed by atoms with Crippen molar-refractivity contribution in [3.63, 3.8) is 0 Å². The molecular weight excluding hydrogens is 318 g/mol. The summed E-state index contributed by atoms with van der Waals surface area (Å²) in [7, 11) is 0. The molecule has 1 aliphatic heterocycles. The zero-order valence-corrected chi connectivity index (χ0v) is 15.0. The number of morpholine rings is 1. The van der Waals surface area contributed by atoms with Crippen LogP contribution in [-0.4, -0.2) is 44.9 Å². The van der Waals surface area contributed by atoms with Gasteiger partial charge in [0.2, 0.25) is 0 Å². The largest absolute Gasteiger partial charge is 0.370 e. The number of benzene rings is 1. The lowest BCUT2D eigenvalue weighted by Crippen LogP contribution is -2.52. The first-order chi connectivity index (χ1) is 12.1. The van der Waals surface area contributed by atoms with Crippen LogP contribution in [0.3, 0.4) is 0 Å². The number of hydrogen-bond acceptors (Lipinski definition) is 4. The molecule has 1 fully saturated rings. The second-order valence-corrected chi connectivity index (χ2v) is 6.37. The second kappa shape index (κ2) is 7.65. The van der Waals surface area contributed by atoms with E-state index in [4.69, 9.17) is 4.74 Å². The summed E-state index contributed by atoms with van der Waals surface area (Å²) in [5, 5.41) is 10.9. The van der Waals surface area contributed by atoms with Crippen LogP contribution in [0.2, 0.25) is 0 Å². The van der Waals surface area contributed by atoms with Crippen molar-refractivity contribution >= 4 is 6.03 Å². The minimum Gasteiger partial charge on any atom is -0.370 e. The molecule has 1 aromatic carbocycles. The summed E-state index contributed by atoms with van der Waals surface area (Å²) in [5.74, 6) is 0.757. The number of carbonyl (C=O) groups is 1. The molecule has 2 atom stereocenters. The maximum absolute atomic E-state index is 12.7. The fourth-order valence-electron chi connectivity index (χ4n) is 3.11. The van der Waals surface area contributed by atoms with Gasteiger partial charge in [0.05, 0.1) is 25.7 Å². The molecule has 2 aromatic rings. The third kappa shape index (κ3) is 3.82. The minimum atomic E-state index is -0.0972. The molecule has 0 spiro atoms. The standard InChI is InChI=1S/C18H25N5O2/c1-4-22-12-20-21-17(22)9-19-18(24)23-10-16(25-11-14(23)3)15-8-6-5-7-13(15)2/h5-8,12,14,16H,4,9-11H2,1-3H3,(H,19,24)/t14-,16+/m0/s1. The number of ether oxygens (including phenoxy) is 1. The number of amides is 2. The molecule has 0 bridgehead atoms. The number of aromatic nitrogens is 3. The van der Waals surface area contributed by atoms with Crippen LogP contribution < -0.4 is 5.32 Å². The van der Waals surface area contributed by atoms with Crippen LogP contribution in [0.4, 0.5) is 4.79 Å². The van der Waals surface area contributed by atoms with Crippen LogP contribution in [0.1, 0.15) is 36.9 Å². The molecule has 1 aromatic heterocycles. The highest BCUT2D eigenvalue weighted by molar-refractivity contribution is 5.74. The molecule has 25 heavy (non-hydrogen) atoms. The number of nitrogens with zero attached hydrogens (tertiary/aromatic N) is 4. The van der Waals surface area contributed by atoms with Crippen LogP contribution in [0, 0.1) is 6.92 Å². The number of nitrogens with one attached hydrogen (secondary N) is 1. The molecule has 3 rings (SSSR count). The minimum absolute atomic E-state index is 0.0318. The van der Waals surface area contributed by atoms with Gasteiger partial charge in [-0.1, -0.05) is 24.3 Å². The predicted octanol–water partition coefficient (Wildman–Crippen LogP) is 2.28. The number of hydrogen-bond donors (Lipinski definition) is 1. The smallest absolute Gasteiger partial charge is 0.318 e. The first-order valence-corrected chi connectivity index (χ1v) is 8.68.